The number of nitrogens with zero attached hydrogens (tertiary/aromatic N) is 2. The lowest BCUT2D eigenvalue weighted by atomic mass is 9.88. The summed E-state index contributed by atoms with van der Waals surface area (Å²) >= 11 is 1.62. The van der Waals surface area contributed by atoms with Crippen molar-refractivity contribution in [2.75, 3.05) is 14.1 Å². The quantitative estimate of drug-likeness (QED) is 0.853. The summed E-state index contributed by atoms with van der Waals surface area (Å²) in [5, 5.41) is 3.06. The van der Waals surface area contributed by atoms with Gasteiger partial charge >= 0.3 is 0 Å². The highest BCUT2D eigenvalue weighted by molar-refractivity contribution is 7.09. The third kappa shape index (κ3) is 2.96. The largest absolute Gasteiger partial charge is 0.297 e. The number of aromatic nitrogens is 1. The zero-order valence-electron chi connectivity index (χ0n) is 13.3. The Morgan fingerprint density at radius 1 is 1.35 bits per heavy atom. The normalized spacial score (nSPS) is 18.7. The van der Waals surface area contributed by atoms with Gasteiger partial charge in [-0.15, -0.1) is 11.3 Å². The monoisotopic (exact) mass is 294 g/mol. The molecule has 1 aromatic heterocycles. The highest BCUT2D eigenvalue weighted by Gasteiger charge is 2.42. The molecule has 0 unspecified atom stereocenters. The molecule has 1 aliphatic rings. The summed E-state index contributed by atoms with van der Waals surface area (Å²) in [6.45, 7) is 6.48. The standard InChI is InChI=1S/C16H26N2OS/c1-15(2,3)12-11-20-14(17-12)10-13(19)16(18(4)5)8-6-7-9-16/h11H,6-10H2,1-5H3. The minimum absolute atomic E-state index is 0.0599. The SMILES string of the molecule is CN(C)C1(C(=O)Cc2nc(C(C)(C)C)cs2)CCCC1. The van der Waals surface area contributed by atoms with E-state index < -0.39 is 0 Å². The lowest BCUT2D eigenvalue weighted by Crippen LogP contribution is -2.49. The smallest absolute Gasteiger partial charge is 0.159 e. The Labute approximate surface area is 126 Å². The maximum atomic E-state index is 12.8. The van der Waals surface area contributed by atoms with Gasteiger partial charge in [-0.25, -0.2) is 4.98 Å². The summed E-state index contributed by atoms with van der Waals surface area (Å²) in [6, 6.07) is 0. The molecular formula is C16H26N2OS. The highest BCUT2D eigenvalue weighted by atomic mass is 32.1. The van der Waals surface area contributed by atoms with Crippen LogP contribution < -0.4 is 0 Å². The summed E-state index contributed by atoms with van der Waals surface area (Å²) in [7, 11) is 4.07. The van der Waals surface area contributed by atoms with Crippen molar-refractivity contribution in [3.05, 3.63) is 16.1 Å². The van der Waals surface area contributed by atoms with Gasteiger partial charge < -0.3 is 0 Å². The number of ketones is 1. The van der Waals surface area contributed by atoms with Crippen molar-refractivity contribution in [2.45, 2.75) is 63.8 Å². The third-order valence-electron chi connectivity index (χ3n) is 4.44. The topological polar surface area (TPSA) is 33.2 Å². The van der Waals surface area contributed by atoms with Crippen LogP contribution >= 0.6 is 11.3 Å². The Morgan fingerprint density at radius 2 is 1.95 bits per heavy atom. The van der Waals surface area contributed by atoms with Gasteiger partial charge in [0.25, 0.3) is 0 Å². The van der Waals surface area contributed by atoms with Crippen LogP contribution in [0.1, 0.15) is 57.2 Å². The zero-order valence-corrected chi connectivity index (χ0v) is 14.1. The van der Waals surface area contributed by atoms with Crippen molar-refractivity contribution < 1.29 is 4.79 Å². The van der Waals surface area contributed by atoms with Crippen LogP contribution in [-0.4, -0.2) is 35.3 Å². The van der Waals surface area contributed by atoms with E-state index in [1.807, 2.05) is 14.1 Å². The van der Waals surface area contributed by atoms with Crippen LogP contribution in [0, 0.1) is 0 Å². The van der Waals surface area contributed by atoms with Crippen molar-refractivity contribution in [1.29, 1.82) is 0 Å². The summed E-state index contributed by atoms with van der Waals surface area (Å²) in [5.74, 6) is 0.342. The minimum Gasteiger partial charge on any atom is -0.297 e. The molecule has 0 amide bonds. The van der Waals surface area contributed by atoms with Crippen LogP contribution in [0.3, 0.4) is 0 Å². The molecular weight excluding hydrogens is 268 g/mol. The van der Waals surface area contributed by atoms with Gasteiger partial charge in [0.05, 0.1) is 17.7 Å². The molecule has 1 fully saturated rings. The molecule has 0 saturated heterocycles. The molecule has 0 spiro atoms. The number of carbonyl (C=O) groups is 1. The molecule has 0 aromatic carbocycles. The van der Waals surface area contributed by atoms with Crippen LogP contribution in [0.15, 0.2) is 5.38 Å². The number of hydrogen-bond acceptors (Lipinski definition) is 4. The molecule has 3 nitrogen and oxygen atoms in total. The molecule has 20 heavy (non-hydrogen) atoms. The second-order valence-corrected chi connectivity index (χ2v) is 8.05. The van der Waals surface area contributed by atoms with Crippen LogP contribution in [-0.2, 0) is 16.6 Å². The number of carbonyl (C=O) groups excluding carboxylic acids is 1. The molecule has 1 saturated carbocycles. The predicted molar refractivity (Wildman–Crippen MR) is 84.4 cm³/mol. The van der Waals surface area contributed by atoms with E-state index in [1.165, 1.54) is 0 Å². The maximum absolute atomic E-state index is 12.8. The Morgan fingerprint density at radius 3 is 2.40 bits per heavy atom. The van der Waals surface area contributed by atoms with Crippen LogP contribution in [0.2, 0.25) is 0 Å². The third-order valence-corrected chi connectivity index (χ3v) is 5.29. The van der Waals surface area contributed by atoms with E-state index in [2.05, 4.69) is 36.0 Å². The average Bonchev–Trinajstić information content (AvgIpc) is 2.96. The van der Waals surface area contributed by atoms with Crippen molar-refractivity contribution in [3.63, 3.8) is 0 Å². The van der Waals surface area contributed by atoms with Gasteiger partial charge in [0, 0.05) is 10.8 Å². The van der Waals surface area contributed by atoms with Gasteiger partial charge in [-0.2, -0.15) is 0 Å². The second kappa shape index (κ2) is 5.57. The maximum Gasteiger partial charge on any atom is 0.159 e. The van der Waals surface area contributed by atoms with Gasteiger partial charge in [-0.1, -0.05) is 33.6 Å². The van der Waals surface area contributed by atoms with E-state index in [9.17, 15) is 4.79 Å². The molecule has 0 N–H and O–H groups in total. The average molecular weight is 294 g/mol. The van der Waals surface area contributed by atoms with Gasteiger partial charge in [-0.05, 0) is 26.9 Å². The van der Waals surface area contributed by atoms with Crippen LogP contribution in [0.4, 0.5) is 0 Å². The van der Waals surface area contributed by atoms with Gasteiger partial charge in [0.15, 0.2) is 5.78 Å². The van der Waals surface area contributed by atoms with Crippen molar-refractivity contribution in [2.24, 2.45) is 0 Å². The van der Waals surface area contributed by atoms with Crippen LogP contribution in [0.25, 0.3) is 0 Å². The Balaban J connectivity index is 2.13. The van der Waals surface area contributed by atoms with E-state index in [-0.39, 0.29) is 11.0 Å². The fourth-order valence-corrected chi connectivity index (χ4v) is 3.99. The Hall–Kier alpha value is -0.740. The number of thiazole rings is 1. The molecule has 1 heterocycles. The van der Waals surface area contributed by atoms with Crippen LogP contribution in [0.5, 0.6) is 0 Å². The highest BCUT2D eigenvalue weighted by Crippen LogP contribution is 2.36. The molecule has 0 atom stereocenters. The first-order valence-corrected chi connectivity index (χ1v) is 8.29. The number of hydrogen-bond donors (Lipinski definition) is 0. The van der Waals surface area contributed by atoms with E-state index in [4.69, 9.17) is 0 Å². The van der Waals surface area contributed by atoms with Gasteiger partial charge in [0.2, 0.25) is 0 Å². The molecule has 1 aromatic rings. The van der Waals surface area contributed by atoms with Gasteiger partial charge in [-0.3, -0.25) is 9.69 Å². The lowest BCUT2D eigenvalue weighted by Gasteiger charge is -2.34. The van der Waals surface area contributed by atoms with Crippen molar-refractivity contribution in [1.82, 2.24) is 9.88 Å². The van der Waals surface area contributed by atoms with Crippen molar-refractivity contribution >= 4 is 17.1 Å². The second-order valence-electron chi connectivity index (χ2n) is 7.11. The molecule has 112 valence electrons. The first-order chi connectivity index (χ1) is 9.25. The van der Waals surface area contributed by atoms with E-state index in [0.717, 1.165) is 36.4 Å². The fraction of sp³-hybridized carbons (Fsp3) is 0.750. The summed E-state index contributed by atoms with van der Waals surface area (Å²) in [5.41, 5.74) is 0.911. The van der Waals surface area contributed by atoms with E-state index in [1.54, 1.807) is 11.3 Å². The molecule has 1 aliphatic carbocycles. The first-order valence-electron chi connectivity index (χ1n) is 7.41. The summed E-state index contributed by atoms with van der Waals surface area (Å²) in [6.07, 6.45) is 4.80. The molecule has 0 radical (unpaired) electrons. The number of likely N-dealkylation sites (N-methyl/N-ethyl adjacent to an activating group) is 1. The number of Topliss-reactive ketones (excluding diaryl/α,β-unsaturated/α-hetero) is 1. The summed E-state index contributed by atoms with van der Waals surface area (Å²) in [4.78, 5) is 19.6. The zero-order chi connectivity index (χ0) is 15.0. The first kappa shape index (κ1) is 15.6. The summed E-state index contributed by atoms with van der Waals surface area (Å²) < 4.78 is 0. The van der Waals surface area contributed by atoms with Gasteiger partial charge in [0.1, 0.15) is 5.01 Å². The van der Waals surface area contributed by atoms with E-state index in [0.29, 0.717) is 12.2 Å². The number of rotatable bonds is 4. The molecule has 0 aliphatic heterocycles. The molecule has 2 rings (SSSR count). The molecule has 0 bridgehead atoms. The van der Waals surface area contributed by atoms with E-state index >= 15 is 0 Å². The van der Waals surface area contributed by atoms with Crippen molar-refractivity contribution in [3.8, 4) is 0 Å². The molecule has 4 heteroatoms. The lowest BCUT2D eigenvalue weighted by molar-refractivity contribution is -0.128. The minimum atomic E-state index is -0.242. The fourth-order valence-electron chi connectivity index (χ4n) is 2.97. The Bertz CT molecular complexity index is 479. The Kier molecular flexibility index (Phi) is 4.35. The predicted octanol–water partition coefficient (Wildman–Crippen LogP) is 3.43.